The average Bonchev–Trinajstić information content (AvgIpc) is 2.09. The fraction of sp³-hybridized carbons (Fsp3) is 0.889. The molecule has 0 aliphatic carbocycles. The van der Waals surface area contributed by atoms with Crippen LogP contribution in [0.2, 0.25) is 0 Å². The van der Waals surface area contributed by atoms with Crippen LogP contribution in [0, 0.1) is 5.92 Å². The number of hydrogen-bond acceptors (Lipinski definition) is 3. The van der Waals surface area contributed by atoms with E-state index in [1.165, 1.54) is 31.0 Å². The summed E-state index contributed by atoms with van der Waals surface area (Å²) < 4.78 is 31.7. The Labute approximate surface area is 96.8 Å². The molecule has 1 aliphatic rings. The van der Waals surface area contributed by atoms with Gasteiger partial charge in [-0.15, -0.1) is 0 Å². The fourth-order valence-corrected chi connectivity index (χ4v) is 1.89. The van der Waals surface area contributed by atoms with Gasteiger partial charge in [0.2, 0.25) is 0 Å². The second kappa shape index (κ2) is 7.78. The molecule has 0 aromatic heterocycles. The van der Waals surface area contributed by atoms with Gasteiger partial charge in [-0.25, -0.2) is 4.79 Å². The molecular weight excluding hydrogens is 243 g/mol. The van der Waals surface area contributed by atoms with Gasteiger partial charge in [-0.2, -0.15) is 24.9 Å². The molecule has 1 heterocycles. The molecule has 0 aromatic rings. The first-order valence-corrected chi connectivity index (χ1v) is 6.12. The van der Waals surface area contributed by atoms with Gasteiger partial charge in [0.15, 0.2) is 0 Å². The van der Waals surface area contributed by atoms with Crippen molar-refractivity contribution in [3.63, 3.8) is 0 Å². The lowest BCUT2D eigenvalue weighted by molar-refractivity contribution is -0.192. The molecule has 7 heteroatoms. The number of nitrogens with one attached hydrogen (secondary N) is 1. The minimum atomic E-state index is -5.08. The molecule has 0 radical (unpaired) electrons. The van der Waals surface area contributed by atoms with Gasteiger partial charge < -0.3 is 10.4 Å². The summed E-state index contributed by atoms with van der Waals surface area (Å²) in [5, 5.41) is 10.4. The van der Waals surface area contributed by atoms with Crippen molar-refractivity contribution in [1.82, 2.24) is 5.32 Å². The Bertz CT molecular complexity index is 207. The Kier molecular flexibility index (Phi) is 7.57. The third kappa shape index (κ3) is 7.81. The van der Waals surface area contributed by atoms with E-state index in [1.54, 1.807) is 0 Å². The third-order valence-electron chi connectivity index (χ3n) is 1.81. The van der Waals surface area contributed by atoms with Crippen molar-refractivity contribution < 1.29 is 23.1 Å². The fourth-order valence-electron chi connectivity index (χ4n) is 0.861. The van der Waals surface area contributed by atoms with E-state index in [4.69, 9.17) is 9.90 Å². The predicted molar refractivity (Wildman–Crippen MR) is 57.7 cm³/mol. The number of hydrogen-bond donors (Lipinski definition) is 2. The smallest absolute Gasteiger partial charge is 0.475 e. The molecule has 0 spiro atoms. The Morgan fingerprint density at radius 2 is 2.00 bits per heavy atom. The van der Waals surface area contributed by atoms with Crippen LogP contribution in [0.25, 0.3) is 0 Å². The van der Waals surface area contributed by atoms with Crippen molar-refractivity contribution in [3.05, 3.63) is 0 Å². The van der Waals surface area contributed by atoms with E-state index in [2.05, 4.69) is 24.0 Å². The van der Waals surface area contributed by atoms with Crippen molar-refractivity contribution in [2.24, 2.45) is 5.92 Å². The summed E-state index contributed by atoms with van der Waals surface area (Å²) in [5.74, 6) is 0.950. The van der Waals surface area contributed by atoms with Crippen LogP contribution < -0.4 is 5.32 Å². The molecule has 96 valence electrons. The van der Waals surface area contributed by atoms with Crippen LogP contribution in [0.15, 0.2) is 0 Å². The van der Waals surface area contributed by atoms with E-state index in [9.17, 15) is 13.2 Å². The van der Waals surface area contributed by atoms with Gasteiger partial charge in [0.05, 0.1) is 0 Å². The highest BCUT2D eigenvalue weighted by molar-refractivity contribution is 7.99. The summed E-state index contributed by atoms with van der Waals surface area (Å²) in [5.41, 5.74) is 0. The van der Waals surface area contributed by atoms with Gasteiger partial charge in [0.25, 0.3) is 0 Å². The highest BCUT2D eigenvalue weighted by atomic mass is 32.2. The molecule has 16 heavy (non-hydrogen) atoms. The number of aliphatic carboxylic acids is 1. The minimum absolute atomic E-state index is 0.988. The highest BCUT2D eigenvalue weighted by Crippen LogP contribution is 2.13. The monoisotopic (exact) mass is 259 g/mol. The normalized spacial score (nSPS) is 16.0. The molecule has 3 nitrogen and oxygen atoms in total. The zero-order valence-corrected chi connectivity index (χ0v) is 9.83. The van der Waals surface area contributed by atoms with Gasteiger partial charge in [-0.05, 0) is 36.9 Å². The minimum Gasteiger partial charge on any atom is -0.475 e. The summed E-state index contributed by atoms with van der Waals surface area (Å²) in [6, 6.07) is 0. The Hall–Kier alpha value is -0.430. The molecule has 0 atom stereocenters. The lowest BCUT2D eigenvalue weighted by atomic mass is 10.1. The molecule has 1 fully saturated rings. The SMILES string of the molecule is CCCSCC1CNC1.O=C(O)C(F)(F)F. The first-order valence-electron chi connectivity index (χ1n) is 4.96. The molecule has 0 bridgehead atoms. The number of carboxylic acid groups (broad SMARTS) is 1. The van der Waals surface area contributed by atoms with Crippen LogP contribution in [-0.2, 0) is 4.79 Å². The van der Waals surface area contributed by atoms with Crippen LogP contribution in [0.4, 0.5) is 13.2 Å². The van der Waals surface area contributed by atoms with Gasteiger partial charge in [-0.1, -0.05) is 6.92 Å². The molecule has 2 N–H and O–H groups in total. The van der Waals surface area contributed by atoms with Gasteiger partial charge in [0.1, 0.15) is 0 Å². The van der Waals surface area contributed by atoms with E-state index in [-0.39, 0.29) is 0 Å². The number of alkyl halides is 3. The van der Waals surface area contributed by atoms with Gasteiger partial charge in [0, 0.05) is 0 Å². The van der Waals surface area contributed by atoms with Crippen molar-refractivity contribution in [2.45, 2.75) is 19.5 Å². The van der Waals surface area contributed by atoms with Crippen molar-refractivity contribution in [2.75, 3.05) is 24.6 Å². The van der Waals surface area contributed by atoms with Crippen LogP contribution in [-0.4, -0.2) is 41.8 Å². The summed E-state index contributed by atoms with van der Waals surface area (Å²) in [6.45, 7) is 4.76. The van der Waals surface area contributed by atoms with E-state index in [0.29, 0.717) is 0 Å². The van der Waals surface area contributed by atoms with E-state index >= 15 is 0 Å². The molecular formula is C9H16F3NO2S. The number of thioether (sulfide) groups is 1. The second-order valence-corrected chi connectivity index (χ2v) is 4.55. The maximum absolute atomic E-state index is 10.6. The van der Waals surface area contributed by atoms with Gasteiger partial charge in [-0.3, -0.25) is 0 Å². The molecule has 0 unspecified atom stereocenters. The highest BCUT2D eigenvalue weighted by Gasteiger charge is 2.38. The van der Waals surface area contributed by atoms with Crippen molar-refractivity contribution in [1.29, 1.82) is 0 Å². The molecule has 1 saturated heterocycles. The maximum atomic E-state index is 10.6. The van der Waals surface area contributed by atoms with E-state index in [0.717, 1.165) is 5.92 Å². The topological polar surface area (TPSA) is 49.3 Å². The summed E-state index contributed by atoms with van der Waals surface area (Å²) in [6.07, 6.45) is -3.76. The lowest BCUT2D eigenvalue weighted by Crippen LogP contribution is -2.43. The van der Waals surface area contributed by atoms with Crippen LogP contribution in [0.1, 0.15) is 13.3 Å². The first-order chi connectivity index (χ1) is 7.38. The zero-order valence-electron chi connectivity index (χ0n) is 9.01. The quantitative estimate of drug-likeness (QED) is 0.758. The van der Waals surface area contributed by atoms with Crippen LogP contribution >= 0.6 is 11.8 Å². The summed E-state index contributed by atoms with van der Waals surface area (Å²) >= 11 is 2.10. The largest absolute Gasteiger partial charge is 0.490 e. The first kappa shape index (κ1) is 15.6. The number of carbonyl (C=O) groups is 1. The van der Waals surface area contributed by atoms with Crippen LogP contribution in [0.3, 0.4) is 0 Å². The molecule has 0 amide bonds. The third-order valence-corrected chi connectivity index (χ3v) is 3.21. The van der Waals surface area contributed by atoms with Crippen molar-refractivity contribution in [3.8, 4) is 0 Å². The number of rotatable bonds is 4. The average molecular weight is 259 g/mol. The summed E-state index contributed by atoms with van der Waals surface area (Å²) in [7, 11) is 0. The maximum Gasteiger partial charge on any atom is 0.490 e. The summed E-state index contributed by atoms with van der Waals surface area (Å²) in [4.78, 5) is 8.90. The van der Waals surface area contributed by atoms with Crippen molar-refractivity contribution >= 4 is 17.7 Å². The Morgan fingerprint density at radius 1 is 1.50 bits per heavy atom. The Balaban J connectivity index is 0.000000293. The van der Waals surface area contributed by atoms with E-state index in [1.807, 2.05) is 0 Å². The standard InChI is InChI=1S/C7H15NS.C2HF3O2/c1-2-3-9-6-7-4-8-5-7;3-2(4,5)1(6)7/h7-8H,2-6H2,1H3;(H,6,7). The molecule has 1 rings (SSSR count). The Morgan fingerprint density at radius 3 is 2.25 bits per heavy atom. The lowest BCUT2D eigenvalue weighted by Gasteiger charge is -2.26. The second-order valence-electron chi connectivity index (χ2n) is 3.40. The van der Waals surface area contributed by atoms with Gasteiger partial charge >= 0.3 is 12.1 Å². The molecule has 1 aliphatic heterocycles. The molecule has 0 saturated carbocycles. The zero-order chi connectivity index (χ0) is 12.6. The number of carboxylic acids is 1. The van der Waals surface area contributed by atoms with Crippen LogP contribution in [0.5, 0.6) is 0 Å². The molecule has 0 aromatic carbocycles. The van der Waals surface area contributed by atoms with E-state index < -0.39 is 12.1 Å². The number of halogens is 3. The predicted octanol–water partition coefficient (Wildman–Crippen LogP) is 1.98.